The van der Waals surface area contributed by atoms with Crippen molar-refractivity contribution < 1.29 is 19.0 Å². The van der Waals surface area contributed by atoms with Gasteiger partial charge in [-0.15, -0.1) is 0 Å². The lowest BCUT2D eigenvalue weighted by molar-refractivity contribution is -0.112. The molecule has 0 aromatic heterocycles. The highest BCUT2D eigenvalue weighted by Gasteiger charge is 2.36. The predicted octanol–water partition coefficient (Wildman–Crippen LogP) is 3.08. The first-order valence-corrected chi connectivity index (χ1v) is 7.65. The van der Waals surface area contributed by atoms with Gasteiger partial charge in [0.15, 0.2) is 11.5 Å². The van der Waals surface area contributed by atoms with E-state index in [0.29, 0.717) is 29.4 Å². The van der Waals surface area contributed by atoms with Crippen LogP contribution in [0.25, 0.3) is 11.3 Å². The van der Waals surface area contributed by atoms with Gasteiger partial charge < -0.3 is 19.1 Å². The van der Waals surface area contributed by atoms with Gasteiger partial charge in [0.25, 0.3) is 5.91 Å². The molecular formula is C19H17NO4. The quantitative estimate of drug-likeness (QED) is 0.797. The van der Waals surface area contributed by atoms with Crippen molar-refractivity contribution in [1.82, 2.24) is 0 Å². The van der Waals surface area contributed by atoms with E-state index in [9.17, 15) is 4.79 Å². The molecule has 0 radical (unpaired) electrons. The fraction of sp³-hybridized carbons (Fsp3) is 0.211. The van der Waals surface area contributed by atoms with Gasteiger partial charge >= 0.3 is 0 Å². The normalized spacial score (nSPS) is 18.3. The van der Waals surface area contributed by atoms with Crippen molar-refractivity contribution in [3.8, 4) is 11.5 Å². The minimum absolute atomic E-state index is 0.0613. The Bertz CT molecular complexity index is 885. The number of hydrogen-bond donors (Lipinski definition) is 0. The van der Waals surface area contributed by atoms with E-state index >= 15 is 0 Å². The highest BCUT2D eigenvalue weighted by molar-refractivity contribution is 6.37. The molecule has 4 rings (SSSR count). The minimum atomic E-state index is -0.0613. The first kappa shape index (κ1) is 14.6. The van der Waals surface area contributed by atoms with Gasteiger partial charge in [0, 0.05) is 23.7 Å². The Labute approximate surface area is 140 Å². The molecule has 2 aromatic carbocycles. The summed E-state index contributed by atoms with van der Waals surface area (Å²) in [7, 11) is 4.97. The molecule has 0 bridgehead atoms. The molecule has 2 aromatic rings. The zero-order valence-electron chi connectivity index (χ0n) is 13.8. The standard InChI is InChI=1S/C19H17NO4/c1-20-14-7-5-4-6-12(14)17(19(20)21)18-13-9-16(23-3)15(22-2)8-11(13)10-24-18/h4-9H,10H2,1-3H3/b18-17+. The number of fused-ring (bicyclic) bond motifs is 2. The first-order valence-electron chi connectivity index (χ1n) is 7.65. The average Bonchev–Trinajstić information content (AvgIpc) is 3.13. The van der Waals surface area contributed by atoms with Gasteiger partial charge in [-0.05, 0) is 18.2 Å². The fourth-order valence-corrected chi connectivity index (χ4v) is 3.28. The maximum absolute atomic E-state index is 12.8. The number of para-hydroxylation sites is 1. The van der Waals surface area contributed by atoms with Crippen molar-refractivity contribution >= 4 is 22.9 Å². The lowest BCUT2D eigenvalue weighted by Gasteiger charge is -2.10. The Morgan fingerprint density at radius 1 is 1.04 bits per heavy atom. The maximum Gasteiger partial charge on any atom is 0.262 e. The molecule has 0 fully saturated rings. The van der Waals surface area contributed by atoms with Crippen LogP contribution in [0.3, 0.4) is 0 Å². The van der Waals surface area contributed by atoms with Crippen molar-refractivity contribution in [2.45, 2.75) is 6.61 Å². The molecular weight excluding hydrogens is 306 g/mol. The molecule has 0 unspecified atom stereocenters. The van der Waals surface area contributed by atoms with E-state index in [-0.39, 0.29) is 5.91 Å². The average molecular weight is 323 g/mol. The predicted molar refractivity (Wildman–Crippen MR) is 91.0 cm³/mol. The molecule has 0 spiro atoms. The molecule has 2 heterocycles. The molecule has 0 saturated carbocycles. The molecule has 5 heteroatoms. The zero-order valence-corrected chi connectivity index (χ0v) is 13.8. The largest absolute Gasteiger partial charge is 0.493 e. The van der Waals surface area contributed by atoms with Crippen LogP contribution in [0, 0.1) is 0 Å². The first-order chi connectivity index (χ1) is 11.7. The van der Waals surface area contributed by atoms with Crippen LogP contribution < -0.4 is 14.4 Å². The van der Waals surface area contributed by atoms with Gasteiger partial charge in [-0.3, -0.25) is 4.79 Å². The zero-order chi connectivity index (χ0) is 16.8. The SMILES string of the molecule is COc1cc2c(cc1OC)/C(=C1\C(=O)N(C)c3ccccc31)OC2. The van der Waals surface area contributed by atoms with E-state index in [0.717, 1.165) is 22.4 Å². The van der Waals surface area contributed by atoms with Gasteiger partial charge in [0.1, 0.15) is 12.4 Å². The number of ether oxygens (including phenoxy) is 3. The number of hydrogen-bond acceptors (Lipinski definition) is 4. The highest BCUT2D eigenvalue weighted by atomic mass is 16.5. The van der Waals surface area contributed by atoms with Gasteiger partial charge in [0.2, 0.25) is 0 Å². The van der Waals surface area contributed by atoms with Gasteiger partial charge in [-0.25, -0.2) is 0 Å². The molecule has 2 aliphatic rings. The number of likely N-dealkylation sites (N-methyl/N-ethyl adjacent to an activating group) is 1. The summed E-state index contributed by atoms with van der Waals surface area (Å²) in [6.45, 7) is 0.410. The van der Waals surface area contributed by atoms with Gasteiger partial charge in [0.05, 0.1) is 25.5 Å². The summed E-state index contributed by atoms with van der Waals surface area (Å²) in [5.41, 5.74) is 4.24. The third-order valence-electron chi connectivity index (χ3n) is 4.51. The van der Waals surface area contributed by atoms with E-state index < -0.39 is 0 Å². The molecule has 2 aliphatic heterocycles. The summed E-state index contributed by atoms with van der Waals surface area (Å²) in [6, 6.07) is 11.5. The van der Waals surface area contributed by atoms with Crippen LogP contribution in [0.2, 0.25) is 0 Å². The Balaban J connectivity index is 1.95. The summed E-state index contributed by atoms with van der Waals surface area (Å²) >= 11 is 0. The highest BCUT2D eigenvalue weighted by Crippen LogP contribution is 2.45. The van der Waals surface area contributed by atoms with Gasteiger partial charge in [-0.1, -0.05) is 18.2 Å². The van der Waals surface area contributed by atoms with Crippen molar-refractivity contribution in [2.75, 3.05) is 26.2 Å². The summed E-state index contributed by atoms with van der Waals surface area (Å²) in [4.78, 5) is 14.4. The molecule has 5 nitrogen and oxygen atoms in total. The van der Waals surface area contributed by atoms with Crippen molar-refractivity contribution in [2.24, 2.45) is 0 Å². The van der Waals surface area contributed by atoms with Crippen LogP contribution in [0.15, 0.2) is 36.4 Å². The van der Waals surface area contributed by atoms with Crippen LogP contribution in [-0.2, 0) is 16.1 Å². The summed E-state index contributed by atoms with van der Waals surface area (Å²) < 4.78 is 16.6. The summed E-state index contributed by atoms with van der Waals surface area (Å²) in [5.74, 6) is 1.81. The van der Waals surface area contributed by atoms with Crippen molar-refractivity contribution in [3.63, 3.8) is 0 Å². The smallest absolute Gasteiger partial charge is 0.262 e. The third-order valence-corrected chi connectivity index (χ3v) is 4.51. The third kappa shape index (κ3) is 1.91. The molecule has 1 amide bonds. The molecule has 0 atom stereocenters. The number of methoxy groups -OCH3 is 2. The van der Waals surface area contributed by atoms with E-state index in [2.05, 4.69) is 0 Å². The monoisotopic (exact) mass is 323 g/mol. The topological polar surface area (TPSA) is 48.0 Å². The van der Waals surface area contributed by atoms with E-state index in [4.69, 9.17) is 14.2 Å². The summed E-state index contributed by atoms with van der Waals surface area (Å²) in [6.07, 6.45) is 0. The second-order valence-corrected chi connectivity index (χ2v) is 5.74. The fourth-order valence-electron chi connectivity index (χ4n) is 3.28. The van der Waals surface area contributed by atoms with Crippen LogP contribution in [-0.4, -0.2) is 27.2 Å². The van der Waals surface area contributed by atoms with Crippen molar-refractivity contribution in [1.29, 1.82) is 0 Å². The number of benzene rings is 2. The van der Waals surface area contributed by atoms with Crippen molar-refractivity contribution in [3.05, 3.63) is 53.1 Å². The Morgan fingerprint density at radius 2 is 1.75 bits per heavy atom. The second kappa shape index (κ2) is 5.30. The Hall–Kier alpha value is -2.95. The number of rotatable bonds is 2. The molecule has 122 valence electrons. The van der Waals surface area contributed by atoms with Gasteiger partial charge in [-0.2, -0.15) is 0 Å². The number of carbonyl (C=O) groups excluding carboxylic acids is 1. The Kier molecular flexibility index (Phi) is 3.23. The van der Waals surface area contributed by atoms with Crippen LogP contribution in [0.5, 0.6) is 11.5 Å². The Morgan fingerprint density at radius 3 is 2.50 bits per heavy atom. The molecule has 24 heavy (non-hydrogen) atoms. The van der Waals surface area contributed by atoms with E-state index in [1.54, 1.807) is 26.2 Å². The lowest BCUT2D eigenvalue weighted by atomic mass is 10.00. The summed E-state index contributed by atoms with van der Waals surface area (Å²) in [5, 5.41) is 0. The van der Waals surface area contributed by atoms with Crippen LogP contribution in [0.1, 0.15) is 16.7 Å². The number of nitrogens with zero attached hydrogens (tertiary/aromatic N) is 1. The molecule has 0 N–H and O–H groups in total. The number of amides is 1. The van der Waals surface area contributed by atoms with E-state index in [1.807, 2.05) is 36.4 Å². The second-order valence-electron chi connectivity index (χ2n) is 5.74. The number of carbonyl (C=O) groups is 1. The lowest BCUT2D eigenvalue weighted by Crippen LogP contribution is -2.20. The van der Waals surface area contributed by atoms with Crippen LogP contribution >= 0.6 is 0 Å². The molecule has 0 saturated heterocycles. The minimum Gasteiger partial charge on any atom is -0.493 e. The maximum atomic E-state index is 12.8. The number of anilines is 1. The molecule has 0 aliphatic carbocycles. The van der Waals surface area contributed by atoms with Crippen LogP contribution in [0.4, 0.5) is 5.69 Å². The van der Waals surface area contributed by atoms with E-state index in [1.165, 1.54) is 0 Å².